The molecule has 0 saturated carbocycles. The number of rotatable bonds is 7. The van der Waals surface area contributed by atoms with Crippen LogP contribution in [-0.2, 0) is 9.59 Å². The number of hydrogen-bond donors (Lipinski definition) is 2. The molecule has 0 aliphatic heterocycles. The number of carbonyl (C=O) groups excluding carboxylic acids is 1. The SMILES string of the molecule is CC(NC(=O)CN(CC(=O)O)C(C)C)c1ccc(Cl)cc1Cl. The number of halogens is 2. The Labute approximate surface area is 140 Å². The molecule has 7 heteroatoms. The van der Waals surface area contributed by atoms with E-state index in [9.17, 15) is 9.59 Å². The molecule has 22 heavy (non-hydrogen) atoms. The van der Waals surface area contributed by atoms with Crippen LogP contribution in [0.4, 0.5) is 0 Å². The second kappa shape index (κ2) is 8.36. The lowest BCUT2D eigenvalue weighted by Crippen LogP contribution is -2.43. The molecule has 0 aliphatic rings. The van der Waals surface area contributed by atoms with Crippen molar-refractivity contribution in [3.05, 3.63) is 33.8 Å². The Bertz CT molecular complexity index is 550. The van der Waals surface area contributed by atoms with E-state index in [0.717, 1.165) is 5.56 Å². The topological polar surface area (TPSA) is 69.6 Å². The lowest BCUT2D eigenvalue weighted by molar-refractivity contribution is -0.139. The highest BCUT2D eigenvalue weighted by Gasteiger charge is 2.19. The predicted octanol–water partition coefficient (Wildman–Crippen LogP) is 2.97. The predicted molar refractivity (Wildman–Crippen MR) is 87.4 cm³/mol. The maximum Gasteiger partial charge on any atom is 0.317 e. The van der Waals surface area contributed by atoms with Crippen LogP contribution in [0, 0.1) is 0 Å². The van der Waals surface area contributed by atoms with Gasteiger partial charge in [0.25, 0.3) is 0 Å². The quantitative estimate of drug-likeness (QED) is 0.796. The van der Waals surface area contributed by atoms with E-state index in [0.29, 0.717) is 10.0 Å². The molecule has 0 aromatic heterocycles. The third-order valence-corrected chi connectivity index (χ3v) is 3.78. The van der Waals surface area contributed by atoms with Crippen LogP contribution in [0.5, 0.6) is 0 Å². The molecule has 5 nitrogen and oxygen atoms in total. The molecule has 0 saturated heterocycles. The van der Waals surface area contributed by atoms with Gasteiger partial charge in [0, 0.05) is 16.1 Å². The number of nitrogens with one attached hydrogen (secondary N) is 1. The number of benzene rings is 1. The summed E-state index contributed by atoms with van der Waals surface area (Å²) >= 11 is 12.0. The molecule has 1 atom stereocenters. The number of carboxylic acids is 1. The fourth-order valence-electron chi connectivity index (χ4n) is 2.00. The summed E-state index contributed by atoms with van der Waals surface area (Å²) in [5.74, 6) is -1.22. The van der Waals surface area contributed by atoms with Gasteiger partial charge in [-0.3, -0.25) is 14.5 Å². The standard InChI is InChI=1S/C15H20Cl2N2O3/c1-9(2)19(8-15(21)22)7-14(20)18-10(3)12-5-4-11(16)6-13(12)17/h4-6,9-10H,7-8H2,1-3H3,(H,18,20)(H,21,22). The van der Waals surface area contributed by atoms with Gasteiger partial charge < -0.3 is 10.4 Å². The molecule has 1 unspecified atom stereocenters. The second-order valence-corrected chi connectivity index (χ2v) is 6.19. The zero-order chi connectivity index (χ0) is 16.9. The summed E-state index contributed by atoms with van der Waals surface area (Å²) in [4.78, 5) is 24.5. The molecule has 0 heterocycles. The van der Waals surface area contributed by atoms with Gasteiger partial charge in [-0.2, -0.15) is 0 Å². The Hall–Kier alpha value is -1.30. The monoisotopic (exact) mass is 346 g/mol. The highest BCUT2D eigenvalue weighted by atomic mass is 35.5. The Morgan fingerprint density at radius 2 is 1.86 bits per heavy atom. The van der Waals surface area contributed by atoms with E-state index in [4.69, 9.17) is 28.3 Å². The van der Waals surface area contributed by atoms with Crippen molar-refractivity contribution >= 4 is 35.1 Å². The first-order chi connectivity index (χ1) is 10.2. The maximum atomic E-state index is 12.1. The van der Waals surface area contributed by atoms with Gasteiger partial charge in [-0.05, 0) is 38.5 Å². The fraction of sp³-hybridized carbons (Fsp3) is 0.467. The molecule has 122 valence electrons. The van der Waals surface area contributed by atoms with Crippen molar-refractivity contribution in [1.29, 1.82) is 0 Å². The second-order valence-electron chi connectivity index (χ2n) is 5.35. The van der Waals surface area contributed by atoms with Crippen LogP contribution in [0.2, 0.25) is 10.0 Å². The van der Waals surface area contributed by atoms with E-state index >= 15 is 0 Å². The third kappa shape index (κ3) is 5.83. The summed E-state index contributed by atoms with van der Waals surface area (Å²) in [6.45, 7) is 5.33. The Balaban J connectivity index is 2.68. The van der Waals surface area contributed by atoms with Crippen LogP contribution >= 0.6 is 23.2 Å². The summed E-state index contributed by atoms with van der Waals surface area (Å²) in [7, 11) is 0. The summed E-state index contributed by atoms with van der Waals surface area (Å²) in [5, 5.41) is 12.7. The lowest BCUT2D eigenvalue weighted by Gasteiger charge is -2.25. The third-order valence-electron chi connectivity index (χ3n) is 3.22. The molecule has 1 amide bonds. The first-order valence-corrected chi connectivity index (χ1v) is 7.66. The zero-order valence-electron chi connectivity index (χ0n) is 12.8. The molecular formula is C15H20Cl2N2O3. The van der Waals surface area contributed by atoms with Crippen LogP contribution in [0.1, 0.15) is 32.4 Å². The number of carbonyl (C=O) groups is 2. The van der Waals surface area contributed by atoms with E-state index < -0.39 is 5.97 Å². The number of aliphatic carboxylic acids is 1. The number of carboxylic acid groups (broad SMARTS) is 1. The van der Waals surface area contributed by atoms with Gasteiger partial charge in [0.1, 0.15) is 0 Å². The van der Waals surface area contributed by atoms with Crippen molar-refractivity contribution in [3.8, 4) is 0 Å². The average molecular weight is 347 g/mol. The van der Waals surface area contributed by atoms with Crippen LogP contribution in [0.3, 0.4) is 0 Å². The smallest absolute Gasteiger partial charge is 0.317 e. The van der Waals surface area contributed by atoms with Gasteiger partial charge in [-0.15, -0.1) is 0 Å². The summed E-state index contributed by atoms with van der Waals surface area (Å²) < 4.78 is 0. The van der Waals surface area contributed by atoms with Crippen LogP contribution in [-0.4, -0.2) is 41.0 Å². The molecule has 0 radical (unpaired) electrons. The number of amides is 1. The first-order valence-electron chi connectivity index (χ1n) is 6.91. The molecule has 1 aromatic rings. The molecule has 2 N–H and O–H groups in total. The molecule has 0 fully saturated rings. The van der Waals surface area contributed by atoms with E-state index in [1.54, 1.807) is 23.1 Å². The van der Waals surface area contributed by atoms with E-state index in [2.05, 4.69) is 5.32 Å². The normalized spacial score (nSPS) is 12.5. The van der Waals surface area contributed by atoms with Crippen molar-refractivity contribution < 1.29 is 14.7 Å². The largest absolute Gasteiger partial charge is 0.480 e. The minimum Gasteiger partial charge on any atom is -0.480 e. The van der Waals surface area contributed by atoms with Crippen molar-refractivity contribution in [2.45, 2.75) is 32.9 Å². The Kier molecular flexibility index (Phi) is 7.13. The lowest BCUT2D eigenvalue weighted by atomic mass is 10.1. The first kappa shape index (κ1) is 18.7. The average Bonchev–Trinajstić information content (AvgIpc) is 2.36. The highest BCUT2D eigenvalue weighted by Crippen LogP contribution is 2.26. The van der Waals surface area contributed by atoms with Gasteiger partial charge in [0.15, 0.2) is 0 Å². The van der Waals surface area contributed by atoms with E-state index in [1.807, 2.05) is 20.8 Å². The molecule has 1 rings (SSSR count). The Morgan fingerprint density at radius 3 is 2.36 bits per heavy atom. The highest BCUT2D eigenvalue weighted by molar-refractivity contribution is 6.35. The van der Waals surface area contributed by atoms with Gasteiger partial charge in [-0.25, -0.2) is 0 Å². The van der Waals surface area contributed by atoms with E-state index in [1.165, 1.54) is 0 Å². The summed E-state index contributed by atoms with van der Waals surface area (Å²) in [6.07, 6.45) is 0. The van der Waals surface area contributed by atoms with Crippen LogP contribution in [0.15, 0.2) is 18.2 Å². The summed E-state index contributed by atoms with van der Waals surface area (Å²) in [6, 6.07) is 4.74. The van der Waals surface area contributed by atoms with Crippen LogP contribution < -0.4 is 5.32 Å². The maximum absolute atomic E-state index is 12.1. The van der Waals surface area contributed by atoms with Gasteiger partial charge in [-0.1, -0.05) is 29.3 Å². The van der Waals surface area contributed by atoms with Gasteiger partial charge in [0.05, 0.1) is 19.1 Å². The van der Waals surface area contributed by atoms with Crippen molar-refractivity contribution in [2.75, 3.05) is 13.1 Å². The van der Waals surface area contributed by atoms with Crippen LogP contribution in [0.25, 0.3) is 0 Å². The van der Waals surface area contributed by atoms with Crippen molar-refractivity contribution in [2.24, 2.45) is 0 Å². The zero-order valence-corrected chi connectivity index (χ0v) is 14.3. The minimum absolute atomic E-state index is 0.0134. The van der Waals surface area contributed by atoms with E-state index in [-0.39, 0.29) is 31.1 Å². The minimum atomic E-state index is -0.963. The number of nitrogens with zero attached hydrogens (tertiary/aromatic N) is 1. The molecule has 0 aliphatic carbocycles. The molecule has 0 spiro atoms. The summed E-state index contributed by atoms with van der Waals surface area (Å²) in [5.41, 5.74) is 0.758. The molecule has 1 aromatic carbocycles. The molecule has 0 bridgehead atoms. The van der Waals surface area contributed by atoms with Gasteiger partial charge in [0.2, 0.25) is 5.91 Å². The van der Waals surface area contributed by atoms with Gasteiger partial charge >= 0.3 is 5.97 Å². The fourth-order valence-corrected chi connectivity index (χ4v) is 2.57. The van der Waals surface area contributed by atoms with Crippen molar-refractivity contribution in [1.82, 2.24) is 10.2 Å². The number of hydrogen-bond acceptors (Lipinski definition) is 3. The Morgan fingerprint density at radius 1 is 1.23 bits per heavy atom. The van der Waals surface area contributed by atoms with Crippen molar-refractivity contribution in [3.63, 3.8) is 0 Å². The molecular weight excluding hydrogens is 327 g/mol.